The molecule has 0 radical (unpaired) electrons. The first-order chi connectivity index (χ1) is 16.2. The van der Waals surface area contributed by atoms with Gasteiger partial charge in [0.05, 0.1) is 28.6 Å². The summed E-state index contributed by atoms with van der Waals surface area (Å²) in [6.45, 7) is 5.75. The van der Waals surface area contributed by atoms with Crippen molar-refractivity contribution in [2.45, 2.75) is 26.8 Å². The Morgan fingerprint density at radius 3 is 2.53 bits per heavy atom. The maximum atomic E-state index is 13.8. The van der Waals surface area contributed by atoms with Crippen molar-refractivity contribution in [3.8, 4) is 11.5 Å². The molecule has 2 aromatic carbocycles. The number of phenolic OH excluding ortho intramolecular Hbond substituents is 1. The predicted octanol–water partition coefficient (Wildman–Crippen LogP) is 5.34. The molecule has 1 amide bonds. The van der Waals surface area contributed by atoms with Crippen LogP contribution in [0.3, 0.4) is 0 Å². The van der Waals surface area contributed by atoms with Crippen LogP contribution in [0, 0.1) is 20.8 Å². The molecule has 3 heterocycles. The van der Waals surface area contributed by atoms with E-state index < -0.39 is 11.9 Å². The number of nitrogens with zero attached hydrogens (tertiary/aromatic N) is 2. The Morgan fingerprint density at radius 2 is 1.82 bits per heavy atom. The number of anilines is 1. The molecule has 1 unspecified atom stereocenters. The van der Waals surface area contributed by atoms with Gasteiger partial charge in [0.15, 0.2) is 16.9 Å². The molecule has 34 heavy (non-hydrogen) atoms. The van der Waals surface area contributed by atoms with Crippen LogP contribution in [0.2, 0.25) is 0 Å². The highest BCUT2D eigenvalue weighted by atomic mass is 79.9. The number of aromatic hydroxyl groups is 1. The first kappa shape index (κ1) is 22.2. The fourth-order valence-corrected chi connectivity index (χ4v) is 4.80. The molecule has 0 fully saturated rings. The molecule has 0 saturated carbocycles. The van der Waals surface area contributed by atoms with Gasteiger partial charge < -0.3 is 14.3 Å². The van der Waals surface area contributed by atoms with Crippen molar-refractivity contribution >= 4 is 38.6 Å². The number of ether oxygens (including phenoxy) is 1. The summed E-state index contributed by atoms with van der Waals surface area (Å²) in [6, 6.07) is 9.63. The van der Waals surface area contributed by atoms with Gasteiger partial charge in [-0.2, -0.15) is 0 Å². The van der Waals surface area contributed by atoms with Gasteiger partial charge in [0.2, 0.25) is 5.76 Å². The lowest BCUT2D eigenvalue weighted by atomic mass is 9.97. The van der Waals surface area contributed by atoms with Crippen LogP contribution in [-0.4, -0.2) is 23.1 Å². The van der Waals surface area contributed by atoms with E-state index in [0.29, 0.717) is 26.8 Å². The molecule has 0 spiro atoms. The number of methoxy groups -OCH3 is 1. The third-order valence-corrected chi connectivity index (χ3v) is 6.83. The summed E-state index contributed by atoms with van der Waals surface area (Å²) in [4.78, 5) is 33.4. The fraction of sp³-hybridized carbons (Fsp3) is 0.192. The number of carbonyl (C=O) groups excluding carboxylic acids is 1. The lowest BCUT2D eigenvalue weighted by Crippen LogP contribution is -2.30. The number of hydrogen-bond acceptors (Lipinski definition) is 6. The average Bonchev–Trinajstić information content (AvgIpc) is 3.09. The summed E-state index contributed by atoms with van der Waals surface area (Å²) < 4.78 is 11.8. The maximum absolute atomic E-state index is 13.8. The normalized spacial score (nSPS) is 15.1. The van der Waals surface area contributed by atoms with Gasteiger partial charge in [-0.05, 0) is 95.4 Å². The zero-order valence-corrected chi connectivity index (χ0v) is 20.6. The highest BCUT2D eigenvalue weighted by molar-refractivity contribution is 9.10. The summed E-state index contributed by atoms with van der Waals surface area (Å²) in [5.41, 5.74) is 3.69. The van der Waals surface area contributed by atoms with Crippen LogP contribution in [0.5, 0.6) is 11.5 Å². The lowest BCUT2D eigenvalue weighted by molar-refractivity contribution is 0.0970. The number of aryl methyl sites for hydroxylation is 3. The van der Waals surface area contributed by atoms with E-state index in [4.69, 9.17) is 9.15 Å². The van der Waals surface area contributed by atoms with Gasteiger partial charge in [-0.15, -0.1) is 0 Å². The summed E-state index contributed by atoms with van der Waals surface area (Å²) in [5.74, 6) is 0.0443. The number of fused-ring (bicyclic) bond motifs is 2. The number of benzene rings is 2. The number of aromatic nitrogens is 1. The lowest BCUT2D eigenvalue weighted by Gasteiger charge is -2.25. The Labute approximate surface area is 203 Å². The van der Waals surface area contributed by atoms with Crippen LogP contribution in [0.1, 0.15) is 44.4 Å². The van der Waals surface area contributed by atoms with E-state index in [-0.39, 0.29) is 28.3 Å². The second kappa shape index (κ2) is 7.99. The number of pyridine rings is 1. The van der Waals surface area contributed by atoms with Crippen LogP contribution >= 0.6 is 15.9 Å². The van der Waals surface area contributed by atoms with Crippen LogP contribution in [-0.2, 0) is 0 Å². The minimum Gasteiger partial charge on any atom is -0.503 e. The van der Waals surface area contributed by atoms with E-state index in [2.05, 4.69) is 20.9 Å². The van der Waals surface area contributed by atoms with E-state index >= 15 is 0 Å². The van der Waals surface area contributed by atoms with E-state index in [1.807, 2.05) is 26.8 Å². The summed E-state index contributed by atoms with van der Waals surface area (Å²) in [5, 5.41) is 10.7. The number of amides is 1. The van der Waals surface area contributed by atoms with Crippen molar-refractivity contribution in [3.05, 3.63) is 90.9 Å². The Balaban J connectivity index is 1.86. The van der Waals surface area contributed by atoms with Crippen molar-refractivity contribution in [2.24, 2.45) is 0 Å². The second-order valence-corrected chi connectivity index (χ2v) is 9.28. The molecule has 0 bridgehead atoms. The molecule has 8 heteroatoms. The monoisotopic (exact) mass is 520 g/mol. The molecule has 4 aromatic rings. The van der Waals surface area contributed by atoms with Crippen LogP contribution in [0.15, 0.2) is 56.3 Å². The highest BCUT2D eigenvalue weighted by Gasteiger charge is 2.44. The SMILES string of the molecule is COc1cc(C2c3c(oc4cc(C)c(C)cc4c3=O)C(=O)N2c2cc(C)ccn2)cc(Br)c1O. The zero-order chi connectivity index (χ0) is 24.3. The van der Waals surface area contributed by atoms with Gasteiger partial charge in [-0.25, -0.2) is 4.98 Å². The van der Waals surface area contributed by atoms with E-state index in [9.17, 15) is 14.7 Å². The van der Waals surface area contributed by atoms with Crippen LogP contribution < -0.4 is 15.1 Å². The minimum atomic E-state index is -0.829. The fourth-order valence-electron chi connectivity index (χ4n) is 4.34. The van der Waals surface area contributed by atoms with Crippen LogP contribution in [0.4, 0.5) is 5.82 Å². The molecule has 2 aromatic heterocycles. The zero-order valence-electron chi connectivity index (χ0n) is 19.0. The number of halogens is 1. The molecule has 172 valence electrons. The first-order valence-corrected chi connectivity index (χ1v) is 11.4. The molecule has 1 N–H and O–H groups in total. The van der Waals surface area contributed by atoms with Crippen molar-refractivity contribution in [2.75, 3.05) is 12.0 Å². The van der Waals surface area contributed by atoms with Gasteiger partial charge in [0.1, 0.15) is 11.4 Å². The smallest absolute Gasteiger partial charge is 0.296 e. The molecule has 7 nitrogen and oxygen atoms in total. The number of carbonyl (C=O) groups is 1. The summed E-state index contributed by atoms with van der Waals surface area (Å²) >= 11 is 3.35. The third kappa shape index (κ3) is 3.28. The molecule has 1 atom stereocenters. The quantitative estimate of drug-likeness (QED) is 0.391. The molecule has 1 aliphatic heterocycles. The first-order valence-electron chi connectivity index (χ1n) is 10.6. The van der Waals surface area contributed by atoms with Crippen molar-refractivity contribution in [1.82, 2.24) is 4.98 Å². The summed E-state index contributed by atoms with van der Waals surface area (Å²) in [7, 11) is 1.44. The number of hydrogen-bond donors (Lipinski definition) is 1. The van der Waals surface area contributed by atoms with Gasteiger partial charge in [0.25, 0.3) is 5.91 Å². The number of phenols is 1. The molecule has 5 rings (SSSR count). The van der Waals surface area contributed by atoms with Crippen LogP contribution in [0.25, 0.3) is 11.0 Å². The standard InChI is InChI=1S/C26H21BrN2O5/c1-12-5-6-28-20(7-12)29-22(15-10-17(27)24(31)19(11-15)33-4)21-23(30)16-8-13(2)14(3)9-18(16)34-25(21)26(29)32/h5-11,22,31H,1-4H3. The molecular formula is C26H21BrN2O5. The van der Waals surface area contributed by atoms with E-state index in [1.165, 1.54) is 12.0 Å². The Hall–Kier alpha value is -3.65. The van der Waals surface area contributed by atoms with Crippen molar-refractivity contribution in [3.63, 3.8) is 0 Å². The van der Waals surface area contributed by atoms with E-state index in [0.717, 1.165) is 16.7 Å². The predicted molar refractivity (Wildman–Crippen MR) is 132 cm³/mol. The topological polar surface area (TPSA) is 92.9 Å². The summed E-state index contributed by atoms with van der Waals surface area (Å²) in [6.07, 6.45) is 1.61. The van der Waals surface area contributed by atoms with Gasteiger partial charge >= 0.3 is 0 Å². The molecule has 0 saturated heterocycles. The van der Waals surface area contributed by atoms with E-state index in [1.54, 1.807) is 36.5 Å². The Kier molecular flexibility index (Phi) is 5.20. The molecule has 0 aliphatic carbocycles. The average molecular weight is 521 g/mol. The largest absolute Gasteiger partial charge is 0.503 e. The van der Waals surface area contributed by atoms with Crippen molar-refractivity contribution in [1.29, 1.82) is 0 Å². The van der Waals surface area contributed by atoms with Crippen molar-refractivity contribution < 1.29 is 19.1 Å². The third-order valence-electron chi connectivity index (χ3n) is 6.22. The van der Waals surface area contributed by atoms with Gasteiger partial charge in [-0.1, -0.05) is 0 Å². The number of rotatable bonds is 3. The second-order valence-electron chi connectivity index (χ2n) is 8.43. The minimum absolute atomic E-state index is 0.0165. The molecular weight excluding hydrogens is 500 g/mol. The molecule has 1 aliphatic rings. The highest BCUT2D eigenvalue weighted by Crippen LogP contribution is 2.45. The Bertz CT molecular complexity index is 1560. The van der Waals surface area contributed by atoms with Gasteiger partial charge in [-0.3, -0.25) is 14.5 Å². The van der Waals surface area contributed by atoms with Gasteiger partial charge in [0, 0.05) is 6.20 Å². The Morgan fingerprint density at radius 1 is 1.09 bits per heavy atom. The maximum Gasteiger partial charge on any atom is 0.296 e.